The fourth-order valence-electron chi connectivity index (χ4n) is 3.78. The number of carbonyl (C=O) groups is 2. The number of H-pyrrole nitrogens is 1. The van der Waals surface area contributed by atoms with Gasteiger partial charge in [-0.3, -0.25) is 9.59 Å². The van der Waals surface area contributed by atoms with Gasteiger partial charge in [0.15, 0.2) is 0 Å². The molecule has 31 heavy (non-hydrogen) atoms. The Bertz CT molecular complexity index is 1230. The molecule has 0 saturated carbocycles. The molecule has 1 aromatic heterocycles. The summed E-state index contributed by atoms with van der Waals surface area (Å²) in [5, 5.41) is 7.07. The maximum absolute atomic E-state index is 12.7. The highest BCUT2D eigenvalue weighted by Crippen LogP contribution is 2.23. The molecule has 3 aromatic carbocycles. The van der Waals surface area contributed by atoms with Crippen molar-refractivity contribution in [1.29, 1.82) is 0 Å². The first kappa shape index (κ1) is 20.4. The van der Waals surface area contributed by atoms with Gasteiger partial charge in [0.2, 0.25) is 5.91 Å². The molecule has 5 nitrogen and oxygen atoms in total. The van der Waals surface area contributed by atoms with E-state index in [0.29, 0.717) is 17.7 Å². The number of amides is 2. The first-order valence-electron chi connectivity index (χ1n) is 10.3. The van der Waals surface area contributed by atoms with Gasteiger partial charge in [-0.1, -0.05) is 48.5 Å². The second-order valence-corrected chi connectivity index (χ2v) is 7.69. The molecule has 4 rings (SSSR count). The van der Waals surface area contributed by atoms with E-state index >= 15 is 0 Å². The lowest BCUT2D eigenvalue weighted by Crippen LogP contribution is -2.28. The van der Waals surface area contributed by atoms with Crippen LogP contribution in [0, 0.1) is 6.92 Å². The standard InChI is InChI=1S/C26H25N3O2/c1-17(28-25(30)16-23-18(2)27-24-14-7-6-13-22(23)24)20-11-8-12-21(15-20)29-26(31)19-9-4-3-5-10-19/h3-15,17,27H,16H2,1-2H3,(H,28,30)(H,29,31). The molecule has 0 fully saturated rings. The van der Waals surface area contributed by atoms with Crippen molar-refractivity contribution in [3.63, 3.8) is 0 Å². The normalized spacial score (nSPS) is 11.8. The van der Waals surface area contributed by atoms with E-state index in [1.54, 1.807) is 12.1 Å². The lowest BCUT2D eigenvalue weighted by atomic mass is 10.1. The van der Waals surface area contributed by atoms with Crippen LogP contribution in [0.15, 0.2) is 78.9 Å². The molecule has 5 heteroatoms. The minimum absolute atomic E-state index is 0.0425. The molecule has 156 valence electrons. The van der Waals surface area contributed by atoms with Crippen molar-refractivity contribution in [1.82, 2.24) is 10.3 Å². The zero-order valence-corrected chi connectivity index (χ0v) is 17.6. The lowest BCUT2D eigenvalue weighted by Gasteiger charge is -2.16. The SMILES string of the molecule is Cc1[nH]c2ccccc2c1CC(=O)NC(C)c1cccc(NC(=O)c2ccccc2)c1. The Morgan fingerprint density at radius 1 is 0.935 bits per heavy atom. The summed E-state index contributed by atoms with van der Waals surface area (Å²) in [5.41, 5.74) is 5.29. The molecule has 1 atom stereocenters. The molecule has 1 heterocycles. The Kier molecular flexibility index (Phi) is 5.85. The summed E-state index contributed by atoms with van der Waals surface area (Å²) in [4.78, 5) is 28.5. The molecule has 0 radical (unpaired) electrons. The molecular weight excluding hydrogens is 386 g/mol. The van der Waals surface area contributed by atoms with E-state index in [1.165, 1.54) is 0 Å². The number of nitrogens with one attached hydrogen (secondary N) is 3. The average Bonchev–Trinajstić information content (AvgIpc) is 3.09. The Balaban J connectivity index is 1.43. The Hall–Kier alpha value is -3.86. The average molecular weight is 412 g/mol. The van der Waals surface area contributed by atoms with Crippen LogP contribution < -0.4 is 10.6 Å². The van der Waals surface area contributed by atoms with E-state index < -0.39 is 0 Å². The highest BCUT2D eigenvalue weighted by atomic mass is 16.2. The number of carbonyl (C=O) groups excluding carboxylic acids is 2. The molecule has 0 aliphatic heterocycles. The van der Waals surface area contributed by atoms with Crippen molar-refractivity contribution < 1.29 is 9.59 Å². The molecule has 0 spiro atoms. The highest BCUT2D eigenvalue weighted by molar-refractivity contribution is 6.04. The van der Waals surface area contributed by atoms with Crippen LogP contribution in [0.3, 0.4) is 0 Å². The summed E-state index contributed by atoms with van der Waals surface area (Å²) in [6.07, 6.45) is 0.310. The van der Waals surface area contributed by atoms with Crippen LogP contribution in [-0.4, -0.2) is 16.8 Å². The number of aromatic amines is 1. The fraction of sp³-hybridized carbons (Fsp3) is 0.154. The van der Waals surface area contributed by atoms with Crippen molar-refractivity contribution in [3.05, 3.63) is 101 Å². The Morgan fingerprint density at radius 3 is 2.48 bits per heavy atom. The minimum Gasteiger partial charge on any atom is -0.358 e. The van der Waals surface area contributed by atoms with Crippen LogP contribution in [0.2, 0.25) is 0 Å². The number of fused-ring (bicyclic) bond motifs is 1. The molecule has 2 amide bonds. The number of aromatic nitrogens is 1. The van der Waals surface area contributed by atoms with Gasteiger partial charge in [-0.2, -0.15) is 0 Å². The van der Waals surface area contributed by atoms with Gasteiger partial charge < -0.3 is 15.6 Å². The summed E-state index contributed by atoms with van der Waals surface area (Å²) in [6.45, 7) is 3.93. The third kappa shape index (κ3) is 4.67. The third-order valence-corrected chi connectivity index (χ3v) is 5.42. The maximum Gasteiger partial charge on any atom is 0.255 e. The predicted molar refractivity (Wildman–Crippen MR) is 124 cm³/mol. The summed E-state index contributed by atoms with van der Waals surface area (Å²) >= 11 is 0. The summed E-state index contributed by atoms with van der Waals surface area (Å²) < 4.78 is 0. The van der Waals surface area contributed by atoms with E-state index in [2.05, 4.69) is 15.6 Å². The minimum atomic E-state index is -0.188. The molecule has 0 aliphatic carbocycles. The number of hydrogen-bond donors (Lipinski definition) is 3. The van der Waals surface area contributed by atoms with Crippen LogP contribution >= 0.6 is 0 Å². The molecule has 0 aliphatic rings. The second-order valence-electron chi connectivity index (χ2n) is 7.69. The zero-order valence-electron chi connectivity index (χ0n) is 17.6. The summed E-state index contributed by atoms with van der Waals surface area (Å²) in [7, 11) is 0. The van der Waals surface area contributed by atoms with Crippen LogP contribution in [0.4, 0.5) is 5.69 Å². The monoisotopic (exact) mass is 411 g/mol. The summed E-state index contributed by atoms with van der Waals surface area (Å²) in [6, 6.07) is 24.5. The fourth-order valence-corrected chi connectivity index (χ4v) is 3.78. The van der Waals surface area contributed by atoms with Crippen LogP contribution in [0.5, 0.6) is 0 Å². The molecular formula is C26H25N3O2. The second kappa shape index (κ2) is 8.88. The van der Waals surface area contributed by atoms with Gasteiger partial charge in [-0.25, -0.2) is 0 Å². The molecule has 0 saturated heterocycles. The van der Waals surface area contributed by atoms with Crippen molar-refractivity contribution in [2.45, 2.75) is 26.3 Å². The molecule has 3 N–H and O–H groups in total. The van der Waals surface area contributed by atoms with E-state index in [9.17, 15) is 9.59 Å². The maximum atomic E-state index is 12.7. The molecule has 4 aromatic rings. The largest absolute Gasteiger partial charge is 0.358 e. The highest BCUT2D eigenvalue weighted by Gasteiger charge is 2.15. The van der Waals surface area contributed by atoms with Crippen molar-refractivity contribution in [2.24, 2.45) is 0 Å². The first-order valence-corrected chi connectivity index (χ1v) is 10.3. The van der Waals surface area contributed by atoms with E-state index in [-0.39, 0.29) is 17.9 Å². The number of benzene rings is 3. The predicted octanol–water partition coefficient (Wildman–Crippen LogP) is 5.15. The van der Waals surface area contributed by atoms with E-state index in [1.807, 2.05) is 80.6 Å². The van der Waals surface area contributed by atoms with Gasteiger partial charge >= 0.3 is 0 Å². The molecule has 1 unspecified atom stereocenters. The van der Waals surface area contributed by atoms with Crippen LogP contribution in [0.25, 0.3) is 10.9 Å². The van der Waals surface area contributed by atoms with Crippen LogP contribution in [-0.2, 0) is 11.2 Å². The number of hydrogen-bond acceptors (Lipinski definition) is 2. The van der Waals surface area contributed by atoms with Gasteiger partial charge in [0.05, 0.1) is 12.5 Å². The van der Waals surface area contributed by atoms with Gasteiger partial charge in [-0.05, 0) is 55.3 Å². The number of para-hydroxylation sites is 1. The topological polar surface area (TPSA) is 74.0 Å². The van der Waals surface area contributed by atoms with Gasteiger partial charge in [0, 0.05) is 27.8 Å². The van der Waals surface area contributed by atoms with Crippen molar-refractivity contribution in [2.75, 3.05) is 5.32 Å². The zero-order chi connectivity index (χ0) is 21.8. The van der Waals surface area contributed by atoms with Gasteiger partial charge in [0.1, 0.15) is 0 Å². The molecule has 0 bridgehead atoms. The number of anilines is 1. The van der Waals surface area contributed by atoms with E-state index in [4.69, 9.17) is 0 Å². The van der Waals surface area contributed by atoms with Gasteiger partial charge in [0.25, 0.3) is 5.91 Å². The number of rotatable bonds is 6. The quantitative estimate of drug-likeness (QED) is 0.411. The van der Waals surface area contributed by atoms with Gasteiger partial charge in [-0.15, -0.1) is 0 Å². The van der Waals surface area contributed by atoms with E-state index in [0.717, 1.165) is 27.7 Å². The van der Waals surface area contributed by atoms with Crippen molar-refractivity contribution >= 4 is 28.4 Å². The lowest BCUT2D eigenvalue weighted by molar-refractivity contribution is -0.121. The van der Waals surface area contributed by atoms with Crippen LogP contribution in [0.1, 0.15) is 40.1 Å². The van der Waals surface area contributed by atoms with Crippen molar-refractivity contribution in [3.8, 4) is 0 Å². The Labute approximate surface area is 181 Å². The third-order valence-electron chi connectivity index (χ3n) is 5.42. The smallest absolute Gasteiger partial charge is 0.255 e. The first-order chi connectivity index (χ1) is 15.0. The summed E-state index contributed by atoms with van der Waals surface area (Å²) in [5.74, 6) is -0.205. The Morgan fingerprint density at radius 2 is 1.68 bits per heavy atom. The number of aryl methyl sites for hydroxylation is 1.